The van der Waals surface area contributed by atoms with Gasteiger partial charge < -0.3 is 9.72 Å². The number of imidazole rings is 1. The molecule has 0 unspecified atom stereocenters. The molecule has 0 aliphatic rings. The minimum atomic E-state index is -3.17. The second-order valence-electron chi connectivity index (χ2n) is 5.40. The number of sulfonamides is 1. The van der Waals surface area contributed by atoms with Gasteiger partial charge in [-0.3, -0.25) is 4.79 Å². The van der Waals surface area contributed by atoms with Gasteiger partial charge in [-0.1, -0.05) is 38.1 Å². The van der Waals surface area contributed by atoms with Gasteiger partial charge in [-0.15, -0.1) is 0 Å². The molecule has 156 valence electrons. The Kier molecular flexibility index (Phi) is 8.97. The smallest absolute Gasteiger partial charge is 0.332 e. The van der Waals surface area contributed by atoms with E-state index in [1.807, 2.05) is 62.4 Å². The molecule has 0 spiro atoms. The Morgan fingerprint density at radius 3 is 2.21 bits per heavy atom. The van der Waals surface area contributed by atoms with Crippen LogP contribution < -0.4 is 10.8 Å². The summed E-state index contributed by atoms with van der Waals surface area (Å²) in [4.78, 5) is 28.5. The predicted octanol–water partition coefficient (Wildman–Crippen LogP) is 2.05. The highest BCUT2D eigenvalue weighted by Gasteiger charge is 2.09. The second kappa shape index (κ2) is 10.9. The third kappa shape index (κ3) is 6.70. The molecule has 4 aromatic rings. The van der Waals surface area contributed by atoms with E-state index in [4.69, 9.17) is 4.79 Å². The molecule has 0 amide bonds. The number of H-pyrrole nitrogens is 1. The van der Waals surface area contributed by atoms with Crippen molar-refractivity contribution in [1.29, 1.82) is 0 Å². The van der Waals surface area contributed by atoms with Crippen molar-refractivity contribution in [2.45, 2.75) is 13.8 Å². The van der Waals surface area contributed by atoms with Crippen molar-refractivity contribution in [1.82, 2.24) is 14.4 Å². The lowest BCUT2D eigenvalue weighted by Crippen LogP contribution is -2.15. The number of ether oxygens (including phenoxy) is 1. The molecule has 4 rings (SSSR count). The van der Waals surface area contributed by atoms with Crippen LogP contribution >= 0.6 is 0 Å². The van der Waals surface area contributed by atoms with Gasteiger partial charge in [0.2, 0.25) is 10.0 Å². The number of hydrogen-bond donors (Lipinski definition) is 2. The number of nitrogens with two attached hydrogens (primary N) is 1. The van der Waals surface area contributed by atoms with Gasteiger partial charge in [-0.2, -0.15) is 0 Å². The Hall–Kier alpha value is -3.24. The molecule has 0 fully saturated rings. The largest absolute Gasteiger partial charge is 0.471 e. The van der Waals surface area contributed by atoms with Crippen molar-refractivity contribution in [3.05, 3.63) is 59.0 Å². The first-order valence-electron chi connectivity index (χ1n) is 8.58. The van der Waals surface area contributed by atoms with Gasteiger partial charge in [0.15, 0.2) is 5.65 Å². The number of benzene rings is 2. The van der Waals surface area contributed by atoms with Gasteiger partial charge in [-0.25, -0.2) is 27.7 Å². The van der Waals surface area contributed by atoms with Gasteiger partial charge in [0.25, 0.3) is 6.47 Å². The van der Waals surface area contributed by atoms with E-state index >= 15 is 0 Å². The van der Waals surface area contributed by atoms with Crippen LogP contribution in [0, 0.1) is 0 Å². The van der Waals surface area contributed by atoms with Crippen molar-refractivity contribution >= 4 is 44.1 Å². The summed E-state index contributed by atoms with van der Waals surface area (Å²) in [5.74, 6) is 0. The molecule has 0 bridgehead atoms. The van der Waals surface area contributed by atoms with E-state index in [1.165, 1.54) is 7.11 Å². The second-order valence-corrected chi connectivity index (χ2v) is 7.06. The summed E-state index contributed by atoms with van der Waals surface area (Å²) in [6.07, 6.45) is 0.938. The molecule has 0 aliphatic heterocycles. The zero-order valence-corrected chi connectivity index (χ0v) is 17.4. The van der Waals surface area contributed by atoms with Crippen LogP contribution in [0.25, 0.3) is 27.6 Å². The third-order valence-electron chi connectivity index (χ3n) is 3.27. The molecule has 2 aromatic heterocycles. The monoisotopic (exact) mass is 420 g/mol. The Morgan fingerprint density at radius 2 is 1.62 bits per heavy atom. The first-order valence-corrected chi connectivity index (χ1v) is 10.5. The van der Waals surface area contributed by atoms with E-state index in [0.29, 0.717) is 12.1 Å². The van der Waals surface area contributed by atoms with Crippen molar-refractivity contribution in [2.75, 3.05) is 13.4 Å². The zero-order chi connectivity index (χ0) is 22.0. The van der Waals surface area contributed by atoms with Crippen LogP contribution in [-0.2, 0) is 19.6 Å². The van der Waals surface area contributed by atoms with Crippen LogP contribution in [0.3, 0.4) is 0 Å². The Bertz CT molecular complexity index is 1240. The number of aromatic nitrogens is 3. The van der Waals surface area contributed by atoms with Crippen LogP contribution in [-0.4, -0.2) is 42.6 Å². The maximum Gasteiger partial charge on any atom is 0.332 e. The van der Waals surface area contributed by atoms with E-state index < -0.39 is 10.0 Å². The van der Waals surface area contributed by atoms with Gasteiger partial charge in [-0.05, 0) is 24.3 Å². The maximum absolute atomic E-state index is 12.1. The number of nitrogens with zero attached hydrogens (tertiary/aromatic N) is 2. The molecule has 0 radical (unpaired) electrons. The number of hydrogen-bond acceptors (Lipinski definition) is 6. The van der Waals surface area contributed by atoms with Crippen LogP contribution in [0.2, 0.25) is 0 Å². The average molecular weight is 420 g/mol. The fourth-order valence-corrected chi connectivity index (χ4v) is 2.37. The number of carbonyl (C=O) groups is 1. The fraction of sp³-hybridized carbons (Fsp3) is 0.211. The topological polar surface area (TPSA) is 137 Å². The normalized spacial score (nSPS) is 10.1. The summed E-state index contributed by atoms with van der Waals surface area (Å²) < 4.78 is 24.3. The van der Waals surface area contributed by atoms with E-state index in [1.54, 1.807) is 4.40 Å². The summed E-state index contributed by atoms with van der Waals surface area (Å²) in [6, 6.07) is 15.3. The first-order chi connectivity index (χ1) is 13.8. The summed E-state index contributed by atoms with van der Waals surface area (Å²) in [5.41, 5.74) is 3.03. The summed E-state index contributed by atoms with van der Waals surface area (Å²) >= 11 is 0. The predicted molar refractivity (Wildman–Crippen MR) is 114 cm³/mol. The van der Waals surface area contributed by atoms with Gasteiger partial charge >= 0.3 is 5.69 Å². The standard InChI is InChI=1S/C14H9N3O.C2H4O2.C2H6.CH5NO2S/c18-14-16-10-6-2-1-5-9(10)13-15-11-7-3-4-8-12(11)17(13)14;1-4-2-3;1-2;1-5(2,3)4/h1-8H,(H,16,18);2H,1H3;1-2H3;1H3,(H2,2,3,4). The van der Waals surface area contributed by atoms with Crippen LogP contribution in [0.15, 0.2) is 53.3 Å². The molecular formula is C19H24N4O5S. The first kappa shape index (κ1) is 23.8. The highest BCUT2D eigenvalue weighted by atomic mass is 32.2. The van der Waals surface area contributed by atoms with Gasteiger partial charge in [0.05, 0.1) is 29.9 Å². The lowest BCUT2D eigenvalue weighted by molar-refractivity contribution is -0.126. The van der Waals surface area contributed by atoms with Crippen molar-refractivity contribution in [2.24, 2.45) is 5.14 Å². The van der Waals surface area contributed by atoms with Crippen molar-refractivity contribution in [3.63, 3.8) is 0 Å². The maximum atomic E-state index is 12.1. The molecule has 0 saturated carbocycles. The minimum absolute atomic E-state index is 0.155. The number of fused-ring (bicyclic) bond motifs is 5. The molecule has 9 nitrogen and oxygen atoms in total. The highest BCUT2D eigenvalue weighted by molar-refractivity contribution is 7.88. The molecular weight excluding hydrogens is 396 g/mol. The summed E-state index contributed by atoms with van der Waals surface area (Å²) in [5, 5.41) is 5.28. The molecule has 3 N–H and O–H groups in total. The summed E-state index contributed by atoms with van der Waals surface area (Å²) in [7, 11) is -1.85. The van der Waals surface area contributed by atoms with E-state index in [-0.39, 0.29) is 5.69 Å². The van der Waals surface area contributed by atoms with Crippen LogP contribution in [0.5, 0.6) is 0 Å². The number of nitrogens with one attached hydrogen (secondary N) is 1. The third-order valence-corrected chi connectivity index (χ3v) is 3.27. The van der Waals surface area contributed by atoms with E-state index in [0.717, 1.165) is 28.2 Å². The number of primary sulfonamides is 1. The lowest BCUT2D eigenvalue weighted by Gasteiger charge is -1.99. The SMILES string of the molecule is CC.COC=O.CS(N)(=O)=O.O=c1[nH]c2ccccc2c2nc3ccccc3n12. The molecule has 0 aliphatic carbocycles. The average Bonchev–Trinajstić information content (AvgIpc) is 3.09. The molecule has 10 heteroatoms. The number of methoxy groups -OCH3 is 1. The number of aromatic amines is 1. The zero-order valence-electron chi connectivity index (χ0n) is 16.6. The number of rotatable bonds is 1. The highest BCUT2D eigenvalue weighted by Crippen LogP contribution is 2.20. The van der Waals surface area contributed by atoms with Gasteiger partial charge in [0.1, 0.15) is 0 Å². The fourth-order valence-electron chi connectivity index (χ4n) is 2.37. The number of carbonyl (C=O) groups excluding carboxylic acids is 1. The lowest BCUT2D eigenvalue weighted by atomic mass is 10.2. The molecule has 0 saturated heterocycles. The van der Waals surface area contributed by atoms with Crippen LogP contribution in [0.1, 0.15) is 13.8 Å². The Morgan fingerprint density at radius 1 is 1.10 bits per heavy atom. The van der Waals surface area contributed by atoms with Crippen LogP contribution in [0.4, 0.5) is 0 Å². The quantitative estimate of drug-likeness (QED) is 0.452. The number of para-hydroxylation sites is 3. The Balaban J connectivity index is 0.000000324. The molecule has 2 heterocycles. The molecule has 2 aromatic carbocycles. The van der Waals surface area contributed by atoms with Crippen molar-refractivity contribution < 1.29 is 17.9 Å². The van der Waals surface area contributed by atoms with E-state index in [9.17, 15) is 13.2 Å². The summed E-state index contributed by atoms with van der Waals surface area (Å²) in [6.45, 7) is 4.38. The Labute approximate surface area is 168 Å². The molecule has 0 atom stereocenters. The van der Waals surface area contributed by atoms with E-state index in [2.05, 4.69) is 19.8 Å². The van der Waals surface area contributed by atoms with Crippen molar-refractivity contribution in [3.8, 4) is 0 Å². The minimum Gasteiger partial charge on any atom is -0.471 e. The molecule has 29 heavy (non-hydrogen) atoms. The van der Waals surface area contributed by atoms with Gasteiger partial charge in [0, 0.05) is 5.39 Å².